The van der Waals surface area contributed by atoms with Crippen LogP contribution in [0.15, 0.2) is 35.6 Å². The maximum Gasteiger partial charge on any atom is 0.246 e. The van der Waals surface area contributed by atoms with Gasteiger partial charge in [-0.1, -0.05) is 12.8 Å². The minimum Gasteiger partial charge on any atom is -0.340 e. The van der Waals surface area contributed by atoms with Crippen LogP contribution in [-0.4, -0.2) is 64.7 Å². The summed E-state index contributed by atoms with van der Waals surface area (Å²) in [5, 5.41) is 0. The van der Waals surface area contributed by atoms with Gasteiger partial charge in [0.15, 0.2) is 5.82 Å². The van der Waals surface area contributed by atoms with Crippen molar-refractivity contribution in [3.05, 3.63) is 36.4 Å². The molecule has 2 aliphatic carbocycles. The Kier molecular flexibility index (Phi) is 5.26. The summed E-state index contributed by atoms with van der Waals surface area (Å²) in [6.07, 6.45) is 9.50. The second-order valence-corrected chi connectivity index (χ2v) is 10.7. The molecule has 0 spiro atoms. The fourth-order valence-electron chi connectivity index (χ4n) is 5.21. The number of aryl methyl sites for hydroxylation is 1. The molecular weight excluding hydrogens is 414 g/mol. The number of nitrogens with zero attached hydrogens (tertiary/aromatic N) is 5. The number of pyridine rings is 1. The van der Waals surface area contributed by atoms with Crippen molar-refractivity contribution < 1.29 is 13.2 Å². The summed E-state index contributed by atoms with van der Waals surface area (Å²) in [5.41, 5.74) is 1.21. The molecule has 2 saturated carbocycles. The van der Waals surface area contributed by atoms with Crippen molar-refractivity contribution in [2.45, 2.75) is 37.5 Å². The summed E-state index contributed by atoms with van der Waals surface area (Å²) >= 11 is 0. The molecule has 0 aromatic carbocycles. The van der Waals surface area contributed by atoms with E-state index in [1.54, 1.807) is 31.5 Å². The molecule has 1 amide bonds. The lowest BCUT2D eigenvalue weighted by atomic mass is 10.0. The van der Waals surface area contributed by atoms with E-state index in [9.17, 15) is 13.2 Å². The van der Waals surface area contributed by atoms with Gasteiger partial charge >= 0.3 is 0 Å². The zero-order valence-electron chi connectivity index (χ0n) is 17.6. The molecule has 1 aliphatic heterocycles. The Hall–Kier alpha value is -2.39. The molecule has 164 valence electrons. The Morgan fingerprint density at radius 1 is 1.03 bits per heavy atom. The van der Waals surface area contributed by atoms with Crippen LogP contribution in [0.5, 0.6) is 0 Å². The minimum atomic E-state index is -3.71. The van der Waals surface area contributed by atoms with E-state index in [4.69, 9.17) is 0 Å². The molecular formula is C22H27N5O3S. The third-order valence-electron chi connectivity index (χ3n) is 6.98. The second kappa shape index (κ2) is 7.94. The highest BCUT2D eigenvalue weighted by molar-refractivity contribution is 7.89. The van der Waals surface area contributed by atoms with Crippen molar-refractivity contribution in [1.29, 1.82) is 0 Å². The summed E-state index contributed by atoms with van der Waals surface area (Å²) in [6, 6.07) is 3.57. The fraction of sp³-hybridized carbons (Fsp3) is 0.545. The second-order valence-electron chi connectivity index (χ2n) is 8.75. The molecule has 0 N–H and O–H groups in total. The first-order valence-electron chi connectivity index (χ1n) is 11.0. The van der Waals surface area contributed by atoms with Crippen LogP contribution in [0.25, 0.3) is 11.4 Å². The number of aromatic nitrogens is 3. The van der Waals surface area contributed by atoms with E-state index in [1.807, 2.05) is 4.90 Å². The molecule has 1 saturated heterocycles. The lowest BCUT2D eigenvalue weighted by Gasteiger charge is -2.34. The minimum absolute atomic E-state index is 0.123. The van der Waals surface area contributed by atoms with Gasteiger partial charge in [-0.2, -0.15) is 4.31 Å². The van der Waals surface area contributed by atoms with Gasteiger partial charge in [0.05, 0.1) is 11.9 Å². The van der Waals surface area contributed by atoms with E-state index in [-0.39, 0.29) is 16.7 Å². The molecule has 8 nitrogen and oxygen atoms in total. The highest BCUT2D eigenvalue weighted by atomic mass is 32.2. The Morgan fingerprint density at radius 3 is 2.29 bits per heavy atom. The van der Waals surface area contributed by atoms with Crippen molar-refractivity contribution in [2.75, 3.05) is 26.2 Å². The highest BCUT2D eigenvalue weighted by Crippen LogP contribution is 2.56. The van der Waals surface area contributed by atoms with Crippen molar-refractivity contribution in [3.63, 3.8) is 0 Å². The van der Waals surface area contributed by atoms with Crippen LogP contribution >= 0.6 is 0 Å². The van der Waals surface area contributed by atoms with Gasteiger partial charge in [-0.3, -0.25) is 9.78 Å². The van der Waals surface area contributed by atoms with Gasteiger partial charge in [-0.15, -0.1) is 0 Å². The average Bonchev–Trinajstić information content (AvgIpc) is 3.53. The highest BCUT2D eigenvalue weighted by Gasteiger charge is 2.56. The molecule has 2 aromatic rings. The van der Waals surface area contributed by atoms with Crippen LogP contribution in [0.3, 0.4) is 0 Å². The van der Waals surface area contributed by atoms with Crippen LogP contribution in [0.2, 0.25) is 0 Å². The molecule has 1 unspecified atom stereocenters. The van der Waals surface area contributed by atoms with E-state index in [0.717, 1.165) is 5.56 Å². The number of carbonyl (C=O) groups is 1. The SMILES string of the molecule is Cc1nc(-c2ccncc2)ncc1S(=O)(=O)N1CCN(C(=O)C2[C@H]3CCCC[C@@H]23)CC1. The largest absolute Gasteiger partial charge is 0.340 e. The smallest absolute Gasteiger partial charge is 0.246 e. The molecule has 3 fully saturated rings. The number of rotatable bonds is 4. The van der Waals surface area contributed by atoms with Crippen molar-refractivity contribution in [1.82, 2.24) is 24.2 Å². The number of sulfonamides is 1. The summed E-state index contributed by atoms with van der Waals surface area (Å²) < 4.78 is 27.9. The van der Waals surface area contributed by atoms with E-state index in [2.05, 4.69) is 15.0 Å². The van der Waals surface area contributed by atoms with Gasteiger partial charge < -0.3 is 4.90 Å². The van der Waals surface area contributed by atoms with Gasteiger partial charge in [-0.05, 0) is 43.7 Å². The number of hydrogen-bond acceptors (Lipinski definition) is 6. The molecule has 3 heterocycles. The lowest BCUT2D eigenvalue weighted by Crippen LogP contribution is -2.51. The maximum atomic E-state index is 13.2. The Labute approximate surface area is 182 Å². The Balaban J connectivity index is 1.26. The molecule has 0 bridgehead atoms. The molecule has 0 radical (unpaired) electrons. The van der Waals surface area contributed by atoms with Crippen LogP contribution in [0.1, 0.15) is 31.4 Å². The van der Waals surface area contributed by atoms with E-state index < -0.39 is 10.0 Å². The van der Waals surface area contributed by atoms with Gasteiger partial charge in [0.25, 0.3) is 0 Å². The van der Waals surface area contributed by atoms with Gasteiger partial charge in [0.1, 0.15) is 4.90 Å². The van der Waals surface area contributed by atoms with E-state index >= 15 is 0 Å². The number of hydrogen-bond donors (Lipinski definition) is 0. The van der Waals surface area contributed by atoms with Crippen LogP contribution in [0.4, 0.5) is 0 Å². The van der Waals surface area contributed by atoms with E-state index in [0.29, 0.717) is 49.5 Å². The van der Waals surface area contributed by atoms with Crippen molar-refractivity contribution >= 4 is 15.9 Å². The van der Waals surface area contributed by atoms with E-state index in [1.165, 1.54) is 36.2 Å². The van der Waals surface area contributed by atoms with Crippen molar-refractivity contribution in [3.8, 4) is 11.4 Å². The first kappa shape index (κ1) is 20.5. The molecule has 5 rings (SSSR count). The first-order valence-corrected chi connectivity index (χ1v) is 12.4. The third kappa shape index (κ3) is 3.74. The Morgan fingerprint density at radius 2 is 1.68 bits per heavy atom. The normalized spacial score (nSPS) is 26.4. The average molecular weight is 442 g/mol. The topological polar surface area (TPSA) is 96.4 Å². The summed E-state index contributed by atoms with van der Waals surface area (Å²) in [4.78, 5) is 27.6. The van der Waals surface area contributed by atoms with Crippen LogP contribution < -0.4 is 0 Å². The standard InChI is InChI=1S/C22H27N5O3S/c1-15-19(14-24-21(25-15)16-6-8-23-9-7-16)31(29,30)27-12-10-26(11-13-27)22(28)20-17-4-2-3-5-18(17)20/h6-9,14,17-18,20H,2-5,10-13H2,1H3/t17-,18+,20?. The monoisotopic (exact) mass is 441 g/mol. The summed E-state index contributed by atoms with van der Waals surface area (Å²) in [5.74, 6) is 2.03. The fourth-order valence-corrected chi connectivity index (χ4v) is 6.73. The van der Waals surface area contributed by atoms with Gasteiger partial charge in [0, 0.05) is 50.1 Å². The number of fused-ring (bicyclic) bond motifs is 1. The number of amides is 1. The van der Waals surface area contributed by atoms with Crippen LogP contribution in [0, 0.1) is 24.7 Å². The van der Waals surface area contributed by atoms with Gasteiger partial charge in [0.2, 0.25) is 15.9 Å². The number of carbonyl (C=O) groups excluding carboxylic acids is 1. The summed E-state index contributed by atoms with van der Waals surface area (Å²) in [6.45, 7) is 3.20. The number of piperazine rings is 1. The summed E-state index contributed by atoms with van der Waals surface area (Å²) in [7, 11) is -3.71. The predicted molar refractivity (Wildman–Crippen MR) is 114 cm³/mol. The van der Waals surface area contributed by atoms with Crippen LogP contribution in [-0.2, 0) is 14.8 Å². The molecule has 31 heavy (non-hydrogen) atoms. The van der Waals surface area contributed by atoms with Crippen molar-refractivity contribution in [2.24, 2.45) is 17.8 Å². The molecule has 3 aliphatic rings. The molecule has 2 aromatic heterocycles. The predicted octanol–water partition coefficient (Wildman–Crippen LogP) is 2.12. The zero-order valence-corrected chi connectivity index (χ0v) is 18.5. The lowest BCUT2D eigenvalue weighted by molar-refractivity contribution is -0.134. The maximum absolute atomic E-state index is 13.2. The quantitative estimate of drug-likeness (QED) is 0.721. The Bertz CT molecular complexity index is 1070. The third-order valence-corrected chi connectivity index (χ3v) is 8.98. The zero-order chi connectivity index (χ0) is 21.6. The van der Waals surface area contributed by atoms with Gasteiger partial charge in [-0.25, -0.2) is 18.4 Å². The molecule has 3 atom stereocenters. The molecule has 9 heteroatoms. The first-order chi connectivity index (χ1) is 15.0.